The Morgan fingerprint density at radius 2 is 1.92 bits per heavy atom. The van der Waals surface area contributed by atoms with Crippen molar-refractivity contribution in [2.24, 2.45) is 0 Å². The molecule has 38 heavy (non-hydrogen) atoms. The third-order valence-corrected chi connectivity index (χ3v) is 8.16. The number of ether oxygens (including phenoxy) is 2. The Morgan fingerprint density at radius 1 is 1.13 bits per heavy atom. The van der Waals surface area contributed by atoms with Crippen LogP contribution in [0.1, 0.15) is 32.4 Å². The van der Waals surface area contributed by atoms with Crippen molar-refractivity contribution < 1.29 is 9.47 Å². The fourth-order valence-corrected chi connectivity index (χ4v) is 6.19. The highest BCUT2D eigenvalue weighted by Gasteiger charge is 2.45. The van der Waals surface area contributed by atoms with E-state index >= 15 is 0 Å². The Morgan fingerprint density at radius 3 is 2.63 bits per heavy atom. The fraction of sp³-hybridized carbons (Fsp3) is 0.393. The molecule has 8 nitrogen and oxygen atoms in total. The van der Waals surface area contributed by atoms with Crippen LogP contribution in [0.5, 0.6) is 5.75 Å². The lowest BCUT2D eigenvalue weighted by atomic mass is 9.89. The Balaban J connectivity index is 1.18. The smallest absolute Gasteiger partial charge is 0.128 e. The summed E-state index contributed by atoms with van der Waals surface area (Å²) < 4.78 is 11.9. The van der Waals surface area contributed by atoms with E-state index in [1.54, 1.807) is 12.4 Å². The summed E-state index contributed by atoms with van der Waals surface area (Å²) in [6, 6.07) is 10.00. The number of nitrogens with one attached hydrogen (secondary N) is 1. The Hall–Kier alpha value is -2.91. The maximum absolute atomic E-state index is 6.32. The first-order valence-electron chi connectivity index (χ1n) is 12.8. The number of rotatable bonds is 6. The monoisotopic (exact) mass is 552 g/mol. The van der Waals surface area contributed by atoms with Gasteiger partial charge in [0.1, 0.15) is 23.4 Å². The van der Waals surface area contributed by atoms with Crippen molar-refractivity contribution in [1.82, 2.24) is 25.1 Å². The topological polar surface area (TPSA) is 79.4 Å². The second kappa shape index (κ2) is 10.0. The van der Waals surface area contributed by atoms with Crippen LogP contribution in [0.15, 0.2) is 48.9 Å². The SMILES string of the molecule is C[C@H]1CN(C2(C)CN(c3ccc(-c4n[nH]c5ccc(O[C@H](C)c6c(Cl)cncc6Cl)cc45)cn3)C2)CCO1. The molecule has 0 aliphatic carbocycles. The average Bonchev–Trinajstić information content (AvgIpc) is 3.30. The Kier molecular flexibility index (Phi) is 6.68. The first kappa shape index (κ1) is 25.4. The maximum atomic E-state index is 6.32. The molecule has 2 atom stereocenters. The number of pyridine rings is 2. The van der Waals surface area contributed by atoms with E-state index in [0.717, 1.165) is 60.8 Å². The summed E-state index contributed by atoms with van der Waals surface area (Å²) in [6.45, 7) is 11.1. The molecule has 3 aromatic heterocycles. The number of morpholine rings is 1. The summed E-state index contributed by atoms with van der Waals surface area (Å²) >= 11 is 12.6. The number of hydrogen-bond donors (Lipinski definition) is 1. The van der Waals surface area contributed by atoms with Crippen molar-refractivity contribution >= 4 is 39.9 Å². The molecule has 2 aliphatic rings. The molecule has 0 radical (unpaired) electrons. The van der Waals surface area contributed by atoms with Gasteiger partial charge in [-0.05, 0) is 51.1 Å². The molecule has 0 amide bonds. The summed E-state index contributed by atoms with van der Waals surface area (Å²) in [5.41, 5.74) is 3.56. The molecular weight excluding hydrogens is 523 g/mol. The number of H-pyrrole nitrogens is 1. The van der Waals surface area contributed by atoms with Crippen LogP contribution in [-0.4, -0.2) is 69.5 Å². The van der Waals surface area contributed by atoms with Gasteiger partial charge in [-0.25, -0.2) is 4.98 Å². The zero-order valence-electron chi connectivity index (χ0n) is 21.6. The molecule has 4 aromatic rings. The third-order valence-electron chi connectivity index (χ3n) is 7.56. The van der Waals surface area contributed by atoms with E-state index in [-0.39, 0.29) is 17.7 Å². The van der Waals surface area contributed by atoms with Gasteiger partial charge in [-0.3, -0.25) is 15.0 Å². The lowest BCUT2D eigenvalue weighted by Crippen LogP contribution is -2.71. The lowest BCUT2D eigenvalue weighted by Gasteiger charge is -2.56. The van der Waals surface area contributed by atoms with Crippen LogP contribution in [0, 0.1) is 0 Å². The molecule has 1 N–H and O–H groups in total. The number of anilines is 1. The standard InChI is InChI=1S/C28H30Cl2N6O2/c1-17-14-36(8-9-37-17)28(3)15-35(16-28)25-7-4-19(11-32-25)27-21-10-20(5-6-24(21)33-34-27)38-18(2)26-22(29)12-31-13-23(26)30/h4-7,10-13,17-18H,8-9,14-16H2,1-3H3,(H,33,34)/t17-,18+/m0/s1. The second-order valence-electron chi connectivity index (χ2n) is 10.4. The molecule has 6 rings (SSSR count). The van der Waals surface area contributed by atoms with E-state index in [4.69, 9.17) is 37.7 Å². The predicted octanol–water partition coefficient (Wildman–Crippen LogP) is 5.77. The van der Waals surface area contributed by atoms with Gasteiger partial charge in [-0.1, -0.05) is 23.2 Å². The van der Waals surface area contributed by atoms with Crippen molar-refractivity contribution in [3.8, 4) is 17.0 Å². The first-order valence-corrected chi connectivity index (χ1v) is 13.6. The third kappa shape index (κ3) is 4.71. The van der Waals surface area contributed by atoms with E-state index in [1.165, 1.54) is 0 Å². The molecule has 0 bridgehead atoms. The molecule has 198 valence electrons. The molecule has 1 aromatic carbocycles. The molecule has 0 spiro atoms. The fourth-order valence-electron chi connectivity index (χ4n) is 5.52. The van der Waals surface area contributed by atoms with Crippen LogP contribution in [0.25, 0.3) is 22.2 Å². The van der Waals surface area contributed by atoms with Crippen LogP contribution < -0.4 is 9.64 Å². The van der Waals surface area contributed by atoms with E-state index in [2.05, 4.69) is 51.0 Å². The summed E-state index contributed by atoms with van der Waals surface area (Å²) in [5.74, 6) is 1.68. The number of nitrogens with zero attached hydrogens (tertiary/aromatic N) is 5. The molecule has 10 heteroatoms. The van der Waals surface area contributed by atoms with Gasteiger partial charge in [0, 0.05) is 61.3 Å². The van der Waals surface area contributed by atoms with Crippen molar-refractivity contribution in [2.75, 3.05) is 37.7 Å². The van der Waals surface area contributed by atoms with Gasteiger partial charge < -0.3 is 14.4 Å². The number of benzene rings is 1. The molecule has 2 fully saturated rings. The molecule has 0 unspecified atom stereocenters. The number of hydrogen-bond acceptors (Lipinski definition) is 7. The van der Waals surface area contributed by atoms with Crippen LogP contribution >= 0.6 is 23.2 Å². The Labute approximate surface area is 231 Å². The first-order chi connectivity index (χ1) is 18.3. The molecule has 0 saturated carbocycles. The highest BCUT2D eigenvalue weighted by Crippen LogP contribution is 2.36. The number of aromatic amines is 1. The van der Waals surface area contributed by atoms with Crippen molar-refractivity contribution in [3.05, 3.63) is 64.5 Å². The number of aromatic nitrogens is 4. The maximum Gasteiger partial charge on any atom is 0.128 e. The quantitative estimate of drug-likeness (QED) is 0.325. The van der Waals surface area contributed by atoms with Gasteiger partial charge >= 0.3 is 0 Å². The van der Waals surface area contributed by atoms with E-state index in [0.29, 0.717) is 21.4 Å². The average molecular weight is 553 g/mol. The zero-order chi connectivity index (χ0) is 26.4. The van der Waals surface area contributed by atoms with Crippen molar-refractivity contribution in [2.45, 2.75) is 38.5 Å². The van der Waals surface area contributed by atoms with Gasteiger partial charge in [0.15, 0.2) is 0 Å². The van der Waals surface area contributed by atoms with Gasteiger partial charge in [0.25, 0.3) is 0 Å². The summed E-state index contributed by atoms with van der Waals surface area (Å²) in [5, 5.41) is 9.59. The minimum Gasteiger partial charge on any atom is -0.486 e. The van der Waals surface area contributed by atoms with Crippen LogP contribution in [0.2, 0.25) is 10.0 Å². The minimum absolute atomic E-state index is 0.162. The number of halogens is 2. The van der Waals surface area contributed by atoms with Crippen LogP contribution in [0.4, 0.5) is 5.82 Å². The highest BCUT2D eigenvalue weighted by molar-refractivity contribution is 6.35. The second-order valence-corrected chi connectivity index (χ2v) is 11.3. The Bertz CT molecular complexity index is 1430. The summed E-state index contributed by atoms with van der Waals surface area (Å²) in [7, 11) is 0. The van der Waals surface area contributed by atoms with Crippen molar-refractivity contribution in [3.63, 3.8) is 0 Å². The molecular formula is C28H30Cl2N6O2. The normalized spacial score (nSPS) is 20.3. The van der Waals surface area contributed by atoms with Gasteiger partial charge in [0.05, 0.1) is 33.8 Å². The highest BCUT2D eigenvalue weighted by atomic mass is 35.5. The molecule has 2 aliphatic heterocycles. The zero-order valence-corrected chi connectivity index (χ0v) is 23.1. The van der Waals surface area contributed by atoms with E-state index in [1.807, 2.05) is 31.3 Å². The van der Waals surface area contributed by atoms with E-state index < -0.39 is 0 Å². The molecule has 2 saturated heterocycles. The van der Waals surface area contributed by atoms with Gasteiger partial charge in [0.2, 0.25) is 0 Å². The van der Waals surface area contributed by atoms with Crippen molar-refractivity contribution in [1.29, 1.82) is 0 Å². The lowest BCUT2D eigenvalue weighted by molar-refractivity contribution is -0.0655. The van der Waals surface area contributed by atoms with Gasteiger partial charge in [-0.15, -0.1) is 0 Å². The largest absolute Gasteiger partial charge is 0.486 e. The van der Waals surface area contributed by atoms with Crippen LogP contribution in [-0.2, 0) is 4.74 Å². The molecule has 5 heterocycles. The number of fused-ring (bicyclic) bond motifs is 1. The predicted molar refractivity (Wildman–Crippen MR) is 150 cm³/mol. The minimum atomic E-state index is -0.352. The summed E-state index contributed by atoms with van der Waals surface area (Å²) in [6.07, 6.45) is 4.97. The van der Waals surface area contributed by atoms with Crippen LogP contribution in [0.3, 0.4) is 0 Å². The van der Waals surface area contributed by atoms with E-state index in [9.17, 15) is 0 Å². The summed E-state index contributed by atoms with van der Waals surface area (Å²) in [4.78, 5) is 13.7. The van der Waals surface area contributed by atoms with Gasteiger partial charge in [-0.2, -0.15) is 5.10 Å².